The number of nitrogens with zero attached hydrogens (tertiary/aromatic N) is 4. The van der Waals surface area contributed by atoms with Crippen LogP contribution in [0.5, 0.6) is 0 Å². The summed E-state index contributed by atoms with van der Waals surface area (Å²) < 4.78 is 7.34. The second-order valence-corrected chi connectivity index (χ2v) is 7.37. The van der Waals surface area contributed by atoms with Crippen LogP contribution in [-0.2, 0) is 16.1 Å². The lowest BCUT2D eigenvalue weighted by atomic mass is 10.0. The number of ether oxygens (including phenoxy) is 1. The highest BCUT2D eigenvalue weighted by Gasteiger charge is 2.42. The Morgan fingerprint density at radius 3 is 2.83 bits per heavy atom. The van der Waals surface area contributed by atoms with E-state index < -0.39 is 0 Å². The molecule has 0 aliphatic carbocycles. The lowest BCUT2D eigenvalue weighted by Crippen LogP contribution is -2.36. The molecule has 1 saturated heterocycles. The van der Waals surface area contributed by atoms with Crippen molar-refractivity contribution < 1.29 is 9.53 Å². The molecular weight excluding hydrogens is 398 g/mol. The van der Waals surface area contributed by atoms with Gasteiger partial charge in [0.25, 0.3) is 0 Å². The van der Waals surface area contributed by atoms with Gasteiger partial charge in [0, 0.05) is 37.0 Å². The van der Waals surface area contributed by atoms with Gasteiger partial charge in [-0.3, -0.25) is 14.8 Å². The average molecular weight is 422 g/mol. The van der Waals surface area contributed by atoms with Gasteiger partial charge in [-0.05, 0) is 55.0 Å². The first-order valence-corrected chi connectivity index (χ1v) is 10.3. The number of carbonyl (C=O) groups is 1. The van der Waals surface area contributed by atoms with Gasteiger partial charge in [0.2, 0.25) is 0 Å². The van der Waals surface area contributed by atoms with Gasteiger partial charge in [-0.1, -0.05) is 12.1 Å². The maximum atomic E-state index is 12.3. The molecule has 2 atom stereocenters. The van der Waals surface area contributed by atoms with Crippen LogP contribution in [0.15, 0.2) is 67.3 Å². The topological polar surface area (TPSA) is 72.3 Å². The number of hydrogen-bond acceptors (Lipinski definition) is 5. The van der Waals surface area contributed by atoms with E-state index in [4.69, 9.17) is 17.0 Å². The SMILES string of the molecule is CCOC(=O)CN1C(=S)N[C@@H](c2ccccn2)[C@@H]1c1cccn1Cc1cccnc1. The number of hydrogen-bond donors (Lipinski definition) is 1. The molecular formula is C22H23N5O2S. The van der Waals surface area contributed by atoms with E-state index in [1.807, 2.05) is 53.7 Å². The van der Waals surface area contributed by atoms with E-state index in [1.54, 1.807) is 19.3 Å². The van der Waals surface area contributed by atoms with Crippen molar-refractivity contribution in [2.24, 2.45) is 0 Å². The summed E-state index contributed by atoms with van der Waals surface area (Å²) in [5.74, 6) is -0.307. The Balaban J connectivity index is 1.71. The molecule has 0 amide bonds. The Morgan fingerprint density at radius 1 is 1.20 bits per heavy atom. The lowest BCUT2D eigenvalue weighted by Gasteiger charge is -2.28. The number of thiocarbonyl (C=S) groups is 1. The number of rotatable bonds is 7. The van der Waals surface area contributed by atoms with Crippen molar-refractivity contribution in [1.29, 1.82) is 0 Å². The standard InChI is InChI=1S/C22H23N5O2S/c1-2-29-19(28)15-27-21(20(25-22(27)30)17-8-3-4-11-24-17)18-9-6-12-26(18)14-16-7-5-10-23-13-16/h3-13,20-21H,2,14-15H2,1H3,(H,25,30)/t20-,21-/m0/s1. The molecule has 4 heterocycles. The minimum atomic E-state index is -0.307. The predicted molar refractivity (Wildman–Crippen MR) is 117 cm³/mol. The molecule has 1 aliphatic heterocycles. The molecule has 0 unspecified atom stereocenters. The molecule has 3 aromatic heterocycles. The summed E-state index contributed by atoms with van der Waals surface area (Å²) in [6.07, 6.45) is 7.41. The third kappa shape index (κ3) is 4.18. The molecule has 0 spiro atoms. The van der Waals surface area contributed by atoms with Crippen LogP contribution in [-0.4, -0.2) is 43.7 Å². The van der Waals surface area contributed by atoms with Gasteiger partial charge in [-0.15, -0.1) is 0 Å². The monoisotopic (exact) mass is 421 g/mol. The van der Waals surface area contributed by atoms with E-state index in [1.165, 1.54) is 0 Å². The summed E-state index contributed by atoms with van der Waals surface area (Å²) in [6.45, 7) is 2.87. The fourth-order valence-corrected chi connectivity index (χ4v) is 4.08. The van der Waals surface area contributed by atoms with Crippen LogP contribution in [0.4, 0.5) is 0 Å². The van der Waals surface area contributed by atoms with Gasteiger partial charge >= 0.3 is 5.97 Å². The van der Waals surface area contributed by atoms with Crippen molar-refractivity contribution in [3.63, 3.8) is 0 Å². The van der Waals surface area contributed by atoms with Crippen molar-refractivity contribution in [3.05, 3.63) is 84.2 Å². The summed E-state index contributed by atoms with van der Waals surface area (Å²) in [7, 11) is 0. The Bertz CT molecular complexity index is 1010. The Labute approximate surface area is 180 Å². The lowest BCUT2D eigenvalue weighted by molar-refractivity contribution is -0.143. The fraction of sp³-hybridized carbons (Fsp3) is 0.273. The molecule has 1 fully saturated rings. The minimum Gasteiger partial charge on any atom is -0.465 e. The quantitative estimate of drug-likeness (QED) is 0.465. The number of nitrogens with one attached hydrogen (secondary N) is 1. The predicted octanol–water partition coefficient (Wildman–Crippen LogP) is 2.86. The summed E-state index contributed by atoms with van der Waals surface area (Å²) in [4.78, 5) is 22.9. The molecule has 0 bridgehead atoms. The highest BCUT2D eigenvalue weighted by atomic mass is 32.1. The van der Waals surface area contributed by atoms with Crippen LogP contribution in [0.1, 0.15) is 36.0 Å². The Morgan fingerprint density at radius 2 is 2.10 bits per heavy atom. The summed E-state index contributed by atoms with van der Waals surface area (Å²) in [5, 5.41) is 3.87. The maximum absolute atomic E-state index is 12.3. The Hall–Kier alpha value is -3.26. The van der Waals surface area contributed by atoms with E-state index in [0.29, 0.717) is 18.3 Å². The van der Waals surface area contributed by atoms with Crippen LogP contribution >= 0.6 is 12.2 Å². The van der Waals surface area contributed by atoms with Gasteiger partial charge < -0.3 is 19.5 Å². The van der Waals surface area contributed by atoms with Gasteiger partial charge in [-0.2, -0.15) is 0 Å². The third-order valence-electron chi connectivity index (χ3n) is 5.05. The molecule has 0 radical (unpaired) electrons. The molecule has 7 nitrogen and oxygen atoms in total. The minimum absolute atomic E-state index is 0.0751. The van der Waals surface area contributed by atoms with E-state index >= 15 is 0 Å². The average Bonchev–Trinajstić information content (AvgIpc) is 3.34. The normalized spacial score (nSPS) is 18.3. The van der Waals surface area contributed by atoms with E-state index in [9.17, 15) is 4.79 Å². The first-order chi connectivity index (χ1) is 14.7. The maximum Gasteiger partial charge on any atom is 0.325 e. The van der Waals surface area contributed by atoms with Crippen molar-refractivity contribution in [2.45, 2.75) is 25.6 Å². The van der Waals surface area contributed by atoms with Gasteiger partial charge in [0.05, 0.1) is 24.4 Å². The van der Waals surface area contributed by atoms with Crippen LogP contribution in [0.3, 0.4) is 0 Å². The zero-order valence-electron chi connectivity index (χ0n) is 16.6. The Kier molecular flexibility index (Phi) is 6.04. The van der Waals surface area contributed by atoms with Crippen molar-refractivity contribution in [1.82, 2.24) is 24.8 Å². The first kappa shape index (κ1) is 20.0. The highest BCUT2D eigenvalue weighted by Crippen LogP contribution is 2.38. The number of carbonyl (C=O) groups excluding carboxylic acids is 1. The van der Waals surface area contributed by atoms with Gasteiger partial charge in [0.15, 0.2) is 5.11 Å². The highest BCUT2D eigenvalue weighted by molar-refractivity contribution is 7.80. The molecule has 4 rings (SSSR count). The van der Waals surface area contributed by atoms with Crippen LogP contribution in [0.2, 0.25) is 0 Å². The van der Waals surface area contributed by atoms with Crippen LogP contribution in [0, 0.1) is 0 Å². The number of esters is 1. The van der Waals surface area contributed by atoms with Crippen LogP contribution < -0.4 is 5.32 Å². The summed E-state index contributed by atoms with van der Waals surface area (Å²) in [5.41, 5.74) is 2.99. The first-order valence-electron chi connectivity index (χ1n) is 9.85. The summed E-state index contributed by atoms with van der Waals surface area (Å²) >= 11 is 5.60. The third-order valence-corrected chi connectivity index (χ3v) is 5.40. The molecule has 1 aliphatic rings. The molecule has 0 saturated carbocycles. The molecule has 30 heavy (non-hydrogen) atoms. The van der Waals surface area contributed by atoms with Crippen LogP contribution in [0.25, 0.3) is 0 Å². The smallest absolute Gasteiger partial charge is 0.325 e. The van der Waals surface area contributed by atoms with Gasteiger partial charge in [0.1, 0.15) is 6.54 Å². The fourth-order valence-electron chi connectivity index (χ4n) is 3.77. The van der Waals surface area contributed by atoms with E-state index in [0.717, 1.165) is 17.0 Å². The van der Waals surface area contributed by atoms with Crippen molar-refractivity contribution in [3.8, 4) is 0 Å². The molecule has 3 aromatic rings. The zero-order valence-corrected chi connectivity index (χ0v) is 17.5. The molecule has 8 heteroatoms. The molecule has 1 N–H and O–H groups in total. The van der Waals surface area contributed by atoms with E-state index in [-0.39, 0.29) is 24.6 Å². The van der Waals surface area contributed by atoms with Crippen molar-refractivity contribution in [2.75, 3.05) is 13.2 Å². The second kappa shape index (κ2) is 9.04. The zero-order chi connectivity index (χ0) is 20.9. The van der Waals surface area contributed by atoms with E-state index in [2.05, 4.69) is 25.9 Å². The van der Waals surface area contributed by atoms with Gasteiger partial charge in [-0.25, -0.2) is 0 Å². The number of pyridine rings is 2. The molecule has 0 aromatic carbocycles. The summed E-state index contributed by atoms with van der Waals surface area (Å²) in [6, 6.07) is 13.4. The number of aromatic nitrogens is 3. The second-order valence-electron chi connectivity index (χ2n) is 6.98. The van der Waals surface area contributed by atoms with Crippen molar-refractivity contribution >= 4 is 23.3 Å². The molecule has 154 valence electrons. The largest absolute Gasteiger partial charge is 0.465 e.